The first-order chi connectivity index (χ1) is 5.31. The van der Waals surface area contributed by atoms with Gasteiger partial charge in [-0.2, -0.15) is 15.8 Å². The number of aromatic nitrogens is 2. The quantitative estimate of drug-likeness (QED) is 0.499. The maximum atomic E-state index is 8.38. The Morgan fingerprint density at radius 1 is 1.08 bits per heavy atom. The van der Waals surface area contributed by atoms with Crippen LogP contribution in [0.4, 0.5) is 0 Å². The summed E-state index contributed by atoms with van der Waals surface area (Å²) >= 11 is 0. The van der Waals surface area contributed by atoms with Gasteiger partial charge in [0.1, 0.15) is 18.2 Å². The number of nitrogens with one attached hydrogen (secondary N) is 1. The van der Waals surface area contributed by atoms with E-state index in [-0.39, 0.29) is 36.1 Å². The average molecular weight is 151 g/mol. The Balaban J connectivity index is 0.00000121. The molecule has 0 aromatic carbocycles. The number of nitrogens with zero attached hydrogens (tertiary/aromatic N) is 4. The molecular formula is C6H2LiN5. The van der Waals surface area contributed by atoms with E-state index in [4.69, 9.17) is 15.8 Å². The number of hydrogen-bond acceptors (Lipinski definition) is 4. The molecule has 0 amide bonds. The molecule has 1 N–H and O–H groups in total. The van der Waals surface area contributed by atoms with Crippen molar-refractivity contribution in [3.63, 3.8) is 0 Å². The fraction of sp³-hybridized carbons (Fsp3) is 0. The van der Waals surface area contributed by atoms with Gasteiger partial charge in [-0.25, -0.2) is 4.98 Å². The first-order valence-corrected chi connectivity index (χ1v) is 2.62. The second kappa shape index (κ2) is 4.22. The number of rotatable bonds is 0. The number of hydrogen-bond donors (Lipinski definition) is 1. The monoisotopic (exact) mass is 151 g/mol. The third-order valence-corrected chi connectivity index (χ3v) is 1.03. The van der Waals surface area contributed by atoms with Crippen molar-refractivity contribution in [2.75, 3.05) is 0 Å². The number of H-pyrrole nitrogens is 1. The molecular weight excluding hydrogens is 149 g/mol. The molecule has 12 heavy (non-hydrogen) atoms. The Morgan fingerprint density at radius 2 is 1.75 bits per heavy atom. The van der Waals surface area contributed by atoms with Crippen LogP contribution < -0.4 is 0 Å². The van der Waals surface area contributed by atoms with Crippen molar-refractivity contribution in [2.24, 2.45) is 0 Å². The van der Waals surface area contributed by atoms with Crippen molar-refractivity contribution in [3.05, 3.63) is 17.2 Å². The Morgan fingerprint density at radius 3 is 2.08 bits per heavy atom. The van der Waals surface area contributed by atoms with E-state index in [1.807, 2.05) is 0 Å². The molecule has 0 radical (unpaired) electrons. The zero-order valence-electron chi connectivity index (χ0n) is 5.29. The molecule has 0 aliphatic carbocycles. The van der Waals surface area contributed by atoms with Gasteiger partial charge >= 0.3 is 18.9 Å². The third kappa shape index (κ3) is 1.65. The standard InChI is InChI=1S/C6HN5.Li.H/c7-1-4-5(2-8)11-6(3-9)10-4;;/h(H,10,11);;. The predicted molar refractivity (Wildman–Crippen MR) is 39.9 cm³/mol. The van der Waals surface area contributed by atoms with Crippen LogP contribution in [-0.4, -0.2) is 28.8 Å². The van der Waals surface area contributed by atoms with Gasteiger partial charge in [0.25, 0.3) is 0 Å². The summed E-state index contributed by atoms with van der Waals surface area (Å²) in [6.07, 6.45) is 0. The molecule has 1 heterocycles. The van der Waals surface area contributed by atoms with E-state index in [1.165, 1.54) is 0 Å². The minimum atomic E-state index is -0.0379. The topological polar surface area (TPSA) is 100 Å². The third-order valence-electron chi connectivity index (χ3n) is 1.03. The van der Waals surface area contributed by atoms with Gasteiger partial charge in [-0.15, -0.1) is 0 Å². The molecule has 1 rings (SSSR count). The molecule has 0 unspecified atom stereocenters. The first-order valence-electron chi connectivity index (χ1n) is 2.62. The van der Waals surface area contributed by atoms with Crippen molar-refractivity contribution < 1.29 is 0 Å². The molecule has 0 fully saturated rings. The van der Waals surface area contributed by atoms with Crippen LogP contribution in [0.5, 0.6) is 0 Å². The number of nitriles is 3. The molecule has 5 nitrogen and oxygen atoms in total. The Bertz CT molecular complexity index is 368. The zero-order valence-corrected chi connectivity index (χ0v) is 5.29. The van der Waals surface area contributed by atoms with E-state index in [1.54, 1.807) is 18.2 Å². The fourth-order valence-electron chi connectivity index (χ4n) is 0.588. The fourth-order valence-corrected chi connectivity index (χ4v) is 0.588. The van der Waals surface area contributed by atoms with Gasteiger partial charge in [0.05, 0.1) is 0 Å². The van der Waals surface area contributed by atoms with Gasteiger partial charge in [-0.1, -0.05) is 0 Å². The number of aromatic amines is 1. The van der Waals surface area contributed by atoms with Crippen LogP contribution in [0.15, 0.2) is 0 Å². The number of imidazole rings is 1. The minimum absolute atomic E-state index is 0. The van der Waals surface area contributed by atoms with Crippen LogP contribution >= 0.6 is 0 Å². The molecule has 0 saturated carbocycles. The summed E-state index contributed by atoms with van der Waals surface area (Å²) in [6.45, 7) is 0. The van der Waals surface area contributed by atoms with Crippen LogP contribution in [-0.2, 0) is 0 Å². The van der Waals surface area contributed by atoms with Gasteiger partial charge in [0.2, 0.25) is 5.82 Å². The summed E-state index contributed by atoms with van der Waals surface area (Å²) in [5, 5.41) is 25.0. The summed E-state index contributed by atoms with van der Waals surface area (Å²) in [5.74, 6) is -0.0156. The van der Waals surface area contributed by atoms with Gasteiger partial charge in [0, 0.05) is 0 Å². The van der Waals surface area contributed by atoms with Crippen LogP contribution in [0.1, 0.15) is 17.2 Å². The van der Waals surface area contributed by atoms with Gasteiger partial charge < -0.3 is 4.98 Å². The van der Waals surface area contributed by atoms with Crippen molar-refractivity contribution in [2.45, 2.75) is 0 Å². The van der Waals surface area contributed by atoms with E-state index in [0.29, 0.717) is 0 Å². The van der Waals surface area contributed by atoms with Gasteiger partial charge in [-0.05, 0) is 0 Å². The van der Waals surface area contributed by atoms with Crippen molar-refractivity contribution >= 4 is 18.9 Å². The van der Waals surface area contributed by atoms with E-state index >= 15 is 0 Å². The molecule has 1 aromatic heterocycles. The average Bonchev–Trinajstić information content (AvgIpc) is 2.46. The Kier molecular flexibility index (Phi) is 3.61. The molecule has 0 saturated heterocycles. The second-order valence-electron chi connectivity index (χ2n) is 1.64. The van der Waals surface area contributed by atoms with Crippen LogP contribution in [0.25, 0.3) is 0 Å². The van der Waals surface area contributed by atoms with Crippen molar-refractivity contribution in [1.29, 1.82) is 15.8 Å². The molecule has 0 atom stereocenters. The molecule has 52 valence electrons. The molecule has 0 spiro atoms. The molecule has 6 heteroatoms. The molecule has 0 aliphatic heterocycles. The summed E-state index contributed by atoms with van der Waals surface area (Å²) in [6, 6.07) is 5.08. The second-order valence-corrected chi connectivity index (χ2v) is 1.64. The Hall–Kier alpha value is -1.72. The summed E-state index contributed by atoms with van der Waals surface area (Å²) in [5.41, 5.74) is -0.00639. The van der Waals surface area contributed by atoms with Crippen LogP contribution in [0.2, 0.25) is 0 Å². The maximum absolute atomic E-state index is 8.38. The molecule has 0 bridgehead atoms. The first kappa shape index (κ1) is 10.3. The van der Waals surface area contributed by atoms with Crippen molar-refractivity contribution in [3.8, 4) is 18.2 Å². The summed E-state index contributed by atoms with van der Waals surface area (Å²) in [7, 11) is 0. The van der Waals surface area contributed by atoms with Gasteiger partial charge in [-0.3, -0.25) is 0 Å². The molecule has 0 aliphatic rings. The Labute approximate surface area is 80.4 Å². The van der Waals surface area contributed by atoms with E-state index in [2.05, 4.69) is 9.97 Å². The van der Waals surface area contributed by atoms with Crippen molar-refractivity contribution in [1.82, 2.24) is 9.97 Å². The SMILES string of the molecule is N#Cc1nc(C#N)c(C#N)[nH]1.[LiH]. The normalized spacial score (nSPS) is 7.08. The van der Waals surface area contributed by atoms with E-state index < -0.39 is 0 Å². The summed E-state index contributed by atoms with van der Waals surface area (Å²) in [4.78, 5) is 5.89. The van der Waals surface area contributed by atoms with E-state index in [0.717, 1.165) is 0 Å². The van der Waals surface area contributed by atoms with Gasteiger partial charge in [0.15, 0.2) is 11.4 Å². The zero-order chi connectivity index (χ0) is 8.27. The predicted octanol–water partition coefficient (Wildman–Crippen LogP) is -0.624. The van der Waals surface area contributed by atoms with Crippen LogP contribution in [0, 0.1) is 34.0 Å². The van der Waals surface area contributed by atoms with Crippen LogP contribution in [0.3, 0.4) is 0 Å². The summed E-state index contributed by atoms with van der Waals surface area (Å²) < 4.78 is 0. The molecule has 1 aromatic rings. The van der Waals surface area contributed by atoms with E-state index in [9.17, 15) is 0 Å².